The summed E-state index contributed by atoms with van der Waals surface area (Å²) < 4.78 is 11.2. The number of carbonyl (C=O) groups is 1. The number of hydrogen-bond acceptors (Lipinski definition) is 4. The van der Waals surface area contributed by atoms with E-state index >= 15 is 0 Å². The third-order valence-electron chi connectivity index (χ3n) is 5.41. The summed E-state index contributed by atoms with van der Waals surface area (Å²) in [6.07, 6.45) is 8.03. The number of hydrogen-bond donors (Lipinski definition) is 1. The van der Waals surface area contributed by atoms with Gasteiger partial charge in [-0.2, -0.15) is 0 Å². The van der Waals surface area contributed by atoms with Crippen LogP contribution in [0.25, 0.3) is 0 Å². The highest BCUT2D eigenvalue weighted by molar-refractivity contribution is 5.78. The van der Waals surface area contributed by atoms with Gasteiger partial charge in [-0.15, -0.1) is 0 Å². The van der Waals surface area contributed by atoms with Crippen molar-refractivity contribution in [1.29, 1.82) is 0 Å². The summed E-state index contributed by atoms with van der Waals surface area (Å²) in [6.45, 7) is 7.70. The molecule has 0 radical (unpaired) electrons. The van der Waals surface area contributed by atoms with Gasteiger partial charge in [-0.1, -0.05) is 19.3 Å². The summed E-state index contributed by atoms with van der Waals surface area (Å²) in [4.78, 5) is 14.9. The topological polar surface area (TPSA) is 54.7 Å². The molecule has 1 N–H and O–H groups in total. The molecule has 2 fully saturated rings. The van der Waals surface area contributed by atoms with Gasteiger partial charge in [0, 0.05) is 25.2 Å². The third kappa shape index (κ3) is 4.19. The molecular weight excluding hydrogens is 304 g/mol. The van der Waals surface area contributed by atoms with E-state index in [2.05, 4.69) is 24.1 Å². The summed E-state index contributed by atoms with van der Waals surface area (Å²) >= 11 is 0. The molecule has 2 heterocycles. The molecule has 0 bridgehead atoms. The van der Waals surface area contributed by atoms with Crippen molar-refractivity contribution < 1.29 is 13.9 Å². The first-order chi connectivity index (χ1) is 11.5. The van der Waals surface area contributed by atoms with Crippen LogP contribution in [-0.4, -0.2) is 48.2 Å². The van der Waals surface area contributed by atoms with Gasteiger partial charge in [0.2, 0.25) is 5.91 Å². The SMILES string of the molecule is CC1(C)CN(C2(CNC(=O)Cc3ccco3)CCCCC2)CCO1. The van der Waals surface area contributed by atoms with Crippen molar-refractivity contribution in [1.82, 2.24) is 10.2 Å². The Morgan fingerprint density at radius 2 is 2.08 bits per heavy atom. The van der Waals surface area contributed by atoms with Crippen LogP contribution in [0.15, 0.2) is 22.8 Å². The number of furan rings is 1. The van der Waals surface area contributed by atoms with Crippen LogP contribution in [0.4, 0.5) is 0 Å². The van der Waals surface area contributed by atoms with Crippen LogP contribution in [0.1, 0.15) is 51.7 Å². The Hall–Kier alpha value is -1.33. The molecule has 5 nitrogen and oxygen atoms in total. The second-order valence-electron chi connectivity index (χ2n) is 7.85. The van der Waals surface area contributed by atoms with Crippen molar-refractivity contribution >= 4 is 5.91 Å². The fraction of sp³-hybridized carbons (Fsp3) is 0.737. The fourth-order valence-corrected chi connectivity index (χ4v) is 4.13. The maximum Gasteiger partial charge on any atom is 0.227 e. The Morgan fingerprint density at radius 3 is 2.75 bits per heavy atom. The average molecular weight is 334 g/mol. The maximum absolute atomic E-state index is 12.3. The van der Waals surface area contributed by atoms with E-state index < -0.39 is 0 Å². The van der Waals surface area contributed by atoms with Crippen LogP contribution in [0.3, 0.4) is 0 Å². The molecule has 1 aromatic heterocycles. The molecule has 1 aromatic rings. The monoisotopic (exact) mass is 334 g/mol. The molecule has 1 aliphatic heterocycles. The van der Waals surface area contributed by atoms with Gasteiger partial charge < -0.3 is 14.5 Å². The molecule has 2 aliphatic rings. The van der Waals surface area contributed by atoms with Crippen molar-refractivity contribution in [3.05, 3.63) is 24.2 Å². The lowest BCUT2D eigenvalue weighted by Crippen LogP contribution is -2.63. The highest BCUT2D eigenvalue weighted by atomic mass is 16.5. The van der Waals surface area contributed by atoms with E-state index in [1.807, 2.05) is 12.1 Å². The lowest BCUT2D eigenvalue weighted by atomic mass is 9.79. The second kappa shape index (κ2) is 7.28. The first kappa shape index (κ1) is 17.5. The lowest BCUT2D eigenvalue weighted by Gasteiger charge is -2.51. The molecule has 1 aliphatic carbocycles. The molecule has 1 saturated carbocycles. The molecule has 1 amide bonds. The number of morpholine rings is 1. The fourth-order valence-electron chi connectivity index (χ4n) is 4.13. The van der Waals surface area contributed by atoms with Gasteiger partial charge in [-0.05, 0) is 38.8 Å². The number of nitrogens with zero attached hydrogens (tertiary/aromatic N) is 1. The van der Waals surface area contributed by atoms with Gasteiger partial charge in [-0.25, -0.2) is 0 Å². The first-order valence-electron chi connectivity index (χ1n) is 9.17. The third-order valence-corrected chi connectivity index (χ3v) is 5.41. The van der Waals surface area contributed by atoms with Crippen LogP contribution in [0.5, 0.6) is 0 Å². The minimum absolute atomic E-state index is 0.0439. The van der Waals surface area contributed by atoms with E-state index in [1.54, 1.807) is 6.26 Å². The van der Waals surface area contributed by atoms with Gasteiger partial charge in [0.15, 0.2) is 0 Å². The minimum Gasteiger partial charge on any atom is -0.469 e. The predicted molar refractivity (Wildman–Crippen MR) is 92.8 cm³/mol. The summed E-state index contributed by atoms with van der Waals surface area (Å²) in [5, 5.41) is 3.17. The molecule has 5 heteroatoms. The van der Waals surface area contributed by atoms with Crippen molar-refractivity contribution in [3.63, 3.8) is 0 Å². The normalized spacial score (nSPS) is 23.8. The Kier molecular flexibility index (Phi) is 5.30. The van der Waals surface area contributed by atoms with E-state index in [4.69, 9.17) is 9.15 Å². The first-order valence-corrected chi connectivity index (χ1v) is 9.17. The van der Waals surface area contributed by atoms with E-state index in [-0.39, 0.29) is 17.0 Å². The number of carbonyl (C=O) groups excluding carboxylic acids is 1. The zero-order chi connectivity index (χ0) is 17.0. The number of ether oxygens (including phenoxy) is 1. The van der Waals surface area contributed by atoms with Crippen LogP contribution < -0.4 is 5.32 Å². The molecule has 3 rings (SSSR count). The zero-order valence-electron chi connectivity index (χ0n) is 15.0. The molecule has 0 aromatic carbocycles. The van der Waals surface area contributed by atoms with Crippen LogP contribution in [-0.2, 0) is 16.0 Å². The molecule has 1 saturated heterocycles. The van der Waals surface area contributed by atoms with Crippen molar-refractivity contribution in [2.75, 3.05) is 26.2 Å². The Bertz CT molecular complexity index is 533. The van der Waals surface area contributed by atoms with Crippen LogP contribution >= 0.6 is 0 Å². The van der Waals surface area contributed by atoms with Gasteiger partial charge in [-0.3, -0.25) is 9.69 Å². The quantitative estimate of drug-likeness (QED) is 0.899. The molecular formula is C19H30N2O3. The standard InChI is InChI=1S/C19H30N2O3/c1-18(2)15-21(10-12-24-18)19(8-4-3-5-9-19)14-20-17(22)13-16-7-6-11-23-16/h6-7,11H,3-5,8-10,12-15H2,1-2H3,(H,20,22). The van der Waals surface area contributed by atoms with E-state index in [1.165, 1.54) is 19.3 Å². The van der Waals surface area contributed by atoms with Gasteiger partial charge in [0.25, 0.3) is 0 Å². The predicted octanol–water partition coefficient (Wildman–Crippen LogP) is 2.75. The molecule has 0 spiro atoms. The molecule has 0 atom stereocenters. The summed E-state index contributed by atoms with van der Waals surface area (Å²) in [5.74, 6) is 0.764. The maximum atomic E-state index is 12.3. The molecule has 0 unspecified atom stereocenters. The van der Waals surface area contributed by atoms with E-state index in [9.17, 15) is 4.79 Å². The number of rotatable bonds is 5. The Balaban J connectivity index is 1.63. The number of nitrogens with one attached hydrogen (secondary N) is 1. The minimum atomic E-state index is -0.110. The highest BCUT2D eigenvalue weighted by Crippen LogP contribution is 2.36. The van der Waals surface area contributed by atoms with E-state index in [0.29, 0.717) is 6.42 Å². The van der Waals surface area contributed by atoms with Crippen LogP contribution in [0, 0.1) is 0 Å². The van der Waals surface area contributed by atoms with Gasteiger partial charge in [0.05, 0.1) is 24.9 Å². The average Bonchev–Trinajstić information content (AvgIpc) is 3.06. The zero-order valence-corrected chi connectivity index (χ0v) is 15.0. The summed E-state index contributed by atoms with van der Waals surface area (Å²) in [7, 11) is 0. The molecule has 134 valence electrons. The number of amides is 1. The van der Waals surface area contributed by atoms with Crippen molar-refractivity contribution in [2.45, 2.75) is 63.5 Å². The highest BCUT2D eigenvalue weighted by Gasteiger charge is 2.42. The lowest BCUT2D eigenvalue weighted by molar-refractivity contribution is -0.129. The second-order valence-corrected chi connectivity index (χ2v) is 7.85. The van der Waals surface area contributed by atoms with Crippen LogP contribution in [0.2, 0.25) is 0 Å². The largest absolute Gasteiger partial charge is 0.469 e. The Morgan fingerprint density at radius 1 is 1.29 bits per heavy atom. The van der Waals surface area contributed by atoms with Crippen molar-refractivity contribution in [3.8, 4) is 0 Å². The molecule has 24 heavy (non-hydrogen) atoms. The van der Waals surface area contributed by atoms with Crippen molar-refractivity contribution in [2.24, 2.45) is 0 Å². The summed E-state index contributed by atoms with van der Waals surface area (Å²) in [6, 6.07) is 3.67. The van der Waals surface area contributed by atoms with Gasteiger partial charge >= 0.3 is 0 Å². The van der Waals surface area contributed by atoms with E-state index in [0.717, 1.165) is 44.8 Å². The smallest absolute Gasteiger partial charge is 0.227 e. The Labute approximate surface area is 144 Å². The summed E-state index contributed by atoms with van der Waals surface area (Å²) in [5.41, 5.74) is -0.0288. The van der Waals surface area contributed by atoms with Gasteiger partial charge in [0.1, 0.15) is 5.76 Å².